The number of hydrogen-bond donors (Lipinski definition) is 2. The number of amides is 1. The molecule has 0 saturated carbocycles. The van der Waals surface area contributed by atoms with Crippen LogP contribution in [0.25, 0.3) is 0 Å². The van der Waals surface area contributed by atoms with E-state index in [0.717, 1.165) is 6.07 Å². The number of aromatic carboxylic acids is 1. The van der Waals surface area contributed by atoms with Crippen LogP contribution in [-0.4, -0.2) is 31.2 Å². The normalized spacial score (nSPS) is 12.9. The van der Waals surface area contributed by atoms with Gasteiger partial charge in [0.15, 0.2) is 9.84 Å². The molecule has 1 amide bonds. The summed E-state index contributed by atoms with van der Waals surface area (Å²) in [6, 6.07) is 3.97. The zero-order valence-electron chi connectivity index (χ0n) is 11.3. The Morgan fingerprint density at radius 1 is 1.35 bits per heavy atom. The second-order valence-electron chi connectivity index (χ2n) is 4.57. The Morgan fingerprint density at radius 2 is 1.95 bits per heavy atom. The molecule has 0 heterocycles. The van der Waals surface area contributed by atoms with Gasteiger partial charge in [0.2, 0.25) is 5.91 Å². The third-order valence-corrected chi connectivity index (χ3v) is 4.97. The van der Waals surface area contributed by atoms with E-state index in [1.165, 1.54) is 19.1 Å². The van der Waals surface area contributed by atoms with Crippen molar-refractivity contribution in [3.8, 4) is 0 Å². The molecule has 0 aliphatic rings. The summed E-state index contributed by atoms with van der Waals surface area (Å²) in [6.45, 7) is 3.19. The first-order chi connectivity index (χ1) is 9.19. The SMILES string of the molecule is CCc1ccc(C(=O)O)cc1S(=O)(=O)CC(C)C(N)=O. The molecule has 0 bridgehead atoms. The predicted octanol–water partition coefficient (Wildman–Crippen LogP) is 0.842. The summed E-state index contributed by atoms with van der Waals surface area (Å²) in [5.74, 6) is -3.18. The average molecular weight is 299 g/mol. The maximum atomic E-state index is 12.3. The van der Waals surface area contributed by atoms with Crippen molar-refractivity contribution < 1.29 is 23.1 Å². The molecule has 0 spiro atoms. The fourth-order valence-corrected chi connectivity index (χ4v) is 3.69. The van der Waals surface area contributed by atoms with Crippen molar-refractivity contribution >= 4 is 21.7 Å². The van der Waals surface area contributed by atoms with Crippen molar-refractivity contribution in [2.24, 2.45) is 11.7 Å². The molecule has 0 fully saturated rings. The zero-order chi connectivity index (χ0) is 15.5. The molecule has 0 aromatic heterocycles. The van der Waals surface area contributed by atoms with Crippen LogP contribution in [0.1, 0.15) is 29.8 Å². The Labute approximate surface area is 117 Å². The molecule has 1 rings (SSSR count). The number of nitrogens with two attached hydrogens (primary N) is 1. The number of carbonyl (C=O) groups excluding carboxylic acids is 1. The highest BCUT2D eigenvalue weighted by Gasteiger charge is 2.24. The van der Waals surface area contributed by atoms with E-state index in [1.54, 1.807) is 6.92 Å². The summed E-state index contributed by atoms with van der Waals surface area (Å²) in [7, 11) is -3.77. The number of carbonyl (C=O) groups is 2. The van der Waals surface area contributed by atoms with Crippen LogP contribution in [0.5, 0.6) is 0 Å². The number of hydrogen-bond acceptors (Lipinski definition) is 4. The Bertz CT molecular complexity index is 636. The topological polar surface area (TPSA) is 115 Å². The minimum atomic E-state index is -3.77. The minimum Gasteiger partial charge on any atom is -0.478 e. The molecule has 6 nitrogen and oxygen atoms in total. The minimum absolute atomic E-state index is 0.0481. The van der Waals surface area contributed by atoms with Crippen LogP contribution in [0, 0.1) is 5.92 Å². The van der Waals surface area contributed by atoms with E-state index >= 15 is 0 Å². The molecule has 7 heteroatoms. The molecular weight excluding hydrogens is 282 g/mol. The van der Waals surface area contributed by atoms with E-state index in [2.05, 4.69) is 0 Å². The molecule has 20 heavy (non-hydrogen) atoms. The fraction of sp³-hybridized carbons (Fsp3) is 0.385. The first-order valence-electron chi connectivity index (χ1n) is 6.07. The van der Waals surface area contributed by atoms with Crippen LogP contribution in [0.3, 0.4) is 0 Å². The summed E-state index contributed by atoms with van der Waals surface area (Å²) in [5.41, 5.74) is 5.49. The summed E-state index contributed by atoms with van der Waals surface area (Å²) in [6.07, 6.45) is 0.444. The largest absolute Gasteiger partial charge is 0.478 e. The van der Waals surface area contributed by atoms with Gasteiger partial charge >= 0.3 is 5.97 Å². The molecule has 1 atom stereocenters. The third kappa shape index (κ3) is 3.57. The Morgan fingerprint density at radius 3 is 2.40 bits per heavy atom. The lowest BCUT2D eigenvalue weighted by molar-refractivity contribution is -0.120. The number of sulfone groups is 1. The van der Waals surface area contributed by atoms with Gasteiger partial charge in [0, 0.05) is 5.92 Å². The average Bonchev–Trinajstić information content (AvgIpc) is 2.37. The smallest absolute Gasteiger partial charge is 0.335 e. The Balaban J connectivity index is 3.31. The van der Waals surface area contributed by atoms with Crippen molar-refractivity contribution in [3.63, 3.8) is 0 Å². The van der Waals surface area contributed by atoms with Gasteiger partial charge in [-0.2, -0.15) is 0 Å². The van der Waals surface area contributed by atoms with Crippen molar-refractivity contribution in [2.75, 3.05) is 5.75 Å². The van der Waals surface area contributed by atoms with E-state index in [-0.39, 0.29) is 10.5 Å². The predicted molar refractivity (Wildman–Crippen MR) is 73.2 cm³/mol. The molecule has 1 aromatic rings. The van der Waals surface area contributed by atoms with E-state index in [0.29, 0.717) is 12.0 Å². The van der Waals surface area contributed by atoms with Gasteiger partial charge in [0.05, 0.1) is 16.2 Å². The number of aryl methyl sites for hydroxylation is 1. The lowest BCUT2D eigenvalue weighted by Gasteiger charge is -2.12. The van der Waals surface area contributed by atoms with Crippen molar-refractivity contribution in [1.29, 1.82) is 0 Å². The van der Waals surface area contributed by atoms with Crippen molar-refractivity contribution in [1.82, 2.24) is 0 Å². The van der Waals surface area contributed by atoms with Gasteiger partial charge in [0.1, 0.15) is 0 Å². The van der Waals surface area contributed by atoms with Crippen LogP contribution < -0.4 is 5.73 Å². The van der Waals surface area contributed by atoms with Crippen LogP contribution >= 0.6 is 0 Å². The second kappa shape index (κ2) is 6.04. The molecule has 0 radical (unpaired) electrons. The number of carboxylic acid groups (broad SMARTS) is 1. The Kier molecular flexibility index (Phi) is 4.88. The van der Waals surface area contributed by atoms with Gasteiger partial charge < -0.3 is 10.8 Å². The number of rotatable bonds is 6. The second-order valence-corrected chi connectivity index (χ2v) is 6.57. The highest BCUT2D eigenvalue weighted by molar-refractivity contribution is 7.91. The quantitative estimate of drug-likeness (QED) is 0.807. The van der Waals surface area contributed by atoms with Crippen LogP contribution in [0.4, 0.5) is 0 Å². The molecule has 0 aliphatic carbocycles. The molecule has 0 aliphatic heterocycles. The van der Waals surface area contributed by atoms with Crippen LogP contribution in [0.2, 0.25) is 0 Å². The first-order valence-corrected chi connectivity index (χ1v) is 7.72. The van der Waals surface area contributed by atoms with Gasteiger partial charge in [0.25, 0.3) is 0 Å². The third-order valence-electron chi connectivity index (χ3n) is 2.99. The highest BCUT2D eigenvalue weighted by Crippen LogP contribution is 2.21. The van der Waals surface area contributed by atoms with Gasteiger partial charge in [-0.25, -0.2) is 13.2 Å². The molecule has 0 saturated heterocycles. The molecule has 3 N–H and O–H groups in total. The standard InChI is InChI=1S/C13H17NO5S/c1-3-9-4-5-10(13(16)17)6-11(9)20(18,19)7-8(2)12(14)15/h4-6,8H,3,7H2,1-2H3,(H2,14,15)(H,16,17). The van der Waals surface area contributed by atoms with E-state index in [4.69, 9.17) is 10.8 Å². The van der Waals surface area contributed by atoms with Gasteiger partial charge in [-0.15, -0.1) is 0 Å². The maximum Gasteiger partial charge on any atom is 0.335 e. The van der Waals surface area contributed by atoms with Crippen LogP contribution in [-0.2, 0) is 21.1 Å². The monoisotopic (exact) mass is 299 g/mol. The summed E-state index contributed by atoms with van der Waals surface area (Å²) >= 11 is 0. The molecule has 1 unspecified atom stereocenters. The highest BCUT2D eigenvalue weighted by atomic mass is 32.2. The van der Waals surface area contributed by atoms with Gasteiger partial charge in [-0.1, -0.05) is 19.9 Å². The van der Waals surface area contributed by atoms with E-state index in [9.17, 15) is 18.0 Å². The number of carboxylic acids is 1. The first kappa shape index (κ1) is 16.2. The maximum absolute atomic E-state index is 12.3. The summed E-state index contributed by atoms with van der Waals surface area (Å²) < 4.78 is 24.6. The number of benzene rings is 1. The van der Waals surface area contributed by atoms with Gasteiger partial charge in [-0.05, 0) is 24.1 Å². The van der Waals surface area contributed by atoms with E-state index < -0.39 is 33.4 Å². The molecule has 1 aromatic carbocycles. The van der Waals surface area contributed by atoms with Gasteiger partial charge in [-0.3, -0.25) is 4.79 Å². The summed E-state index contributed by atoms with van der Waals surface area (Å²) in [4.78, 5) is 21.9. The Hall–Kier alpha value is -1.89. The lowest BCUT2D eigenvalue weighted by Crippen LogP contribution is -2.27. The van der Waals surface area contributed by atoms with E-state index in [1.807, 2.05) is 0 Å². The number of primary amides is 1. The van der Waals surface area contributed by atoms with Crippen LogP contribution in [0.15, 0.2) is 23.1 Å². The molecule has 110 valence electrons. The fourth-order valence-electron chi connectivity index (χ4n) is 1.77. The molecular formula is C13H17NO5S. The van der Waals surface area contributed by atoms with Crippen molar-refractivity contribution in [3.05, 3.63) is 29.3 Å². The summed E-state index contributed by atoms with van der Waals surface area (Å²) in [5, 5.41) is 8.94. The zero-order valence-corrected chi connectivity index (χ0v) is 12.1. The van der Waals surface area contributed by atoms with Crippen molar-refractivity contribution in [2.45, 2.75) is 25.2 Å². The lowest BCUT2D eigenvalue weighted by atomic mass is 10.1.